The molecule has 0 aliphatic heterocycles. The Morgan fingerprint density at radius 3 is 2.85 bits per heavy atom. The number of rotatable bonds is 4. The van der Waals surface area contributed by atoms with E-state index in [-0.39, 0.29) is 0 Å². The van der Waals surface area contributed by atoms with Gasteiger partial charge in [-0.05, 0) is 34.1 Å². The molecular weight excluding hydrogens is 232 g/mol. The van der Waals surface area contributed by atoms with Gasteiger partial charge in [0.2, 0.25) is 0 Å². The molecule has 0 fully saturated rings. The van der Waals surface area contributed by atoms with Crippen LogP contribution in [0.1, 0.15) is 10.4 Å². The molecule has 0 aromatic heterocycles. The molecule has 3 heteroatoms. The van der Waals surface area contributed by atoms with Gasteiger partial charge in [-0.2, -0.15) is 0 Å². The second-order valence-electron chi connectivity index (χ2n) is 2.41. The summed E-state index contributed by atoms with van der Waals surface area (Å²) < 4.78 is 6.08. The van der Waals surface area contributed by atoms with Crippen LogP contribution in [0, 0.1) is 0 Å². The zero-order valence-electron chi connectivity index (χ0n) is 7.00. The van der Waals surface area contributed by atoms with E-state index in [0.717, 1.165) is 10.8 Å². The molecule has 0 spiro atoms. The van der Waals surface area contributed by atoms with Crippen LogP contribution in [-0.2, 0) is 0 Å². The molecule has 0 saturated carbocycles. The van der Waals surface area contributed by atoms with Crippen molar-refractivity contribution in [3.05, 3.63) is 40.9 Å². The van der Waals surface area contributed by atoms with E-state index in [4.69, 9.17) is 4.74 Å². The first kappa shape index (κ1) is 9.99. The zero-order chi connectivity index (χ0) is 9.68. The lowest BCUT2D eigenvalue weighted by molar-refractivity contribution is 0.112. The van der Waals surface area contributed by atoms with Crippen LogP contribution >= 0.6 is 15.9 Å². The second kappa shape index (κ2) is 4.82. The molecule has 1 aromatic rings. The van der Waals surface area contributed by atoms with Crippen LogP contribution in [0.2, 0.25) is 0 Å². The normalized spacial score (nSPS) is 9.31. The minimum Gasteiger partial charge on any atom is -0.488 e. The zero-order valence-corrected chi connectivity index (χ0v) is 8.58. The molecule has 0 radical (unpaired) electrons. The van der Waals surface area contributed by atoms with Crippen molar-refractivity contribution >= 4 is 22.2 Å². The number of hydrogen-bond donors (Lipinski definition) is 0. The van der Waals surface area contributed by atoms with Gasteiger partial charge in [-0.15, -0.1) is 0 Å². The highest BCUT2D eigenvalue weighted by molar-refractivity contribution is 9.10. The summed E-state index contributed by atoms with van der Waals surface area (Å²) in [5.41, 5.74) is 0.623. The number of ether oxygens (including phenoxy) is 1. The fraction of sp³-hybridized carbons (Fsp3) is 0.100. The van der Waals surface area contributed by atoms with Gasteiger partial charge in [0.05, 0.1) is 4.47 Å². The summed E-state index contributed by atoms with van der Waals surface area (Å²) in [6.07, 6.45) is 2.46. The average Bonchev–Trinajstić information content (AvgIpc) is 2.16. The van der Waals surface area contributed by atoms with E-state index in [2.05, 4.69) is 22.5 Å². The van der Waals surface area contributed by atoms with E-state index >= 15 is 0 Å². The van der Waals surface area contributed by atoms with Gasteiger partial charge in [-0.25, -0.2) is 0 Å². The number of aldehydes is 1. The van der Waals surface area contributed by atoms with Crippen LogP contribution in [0.25, 0.3) is 0 Å². The molecule has 68 valence electrons. The van der Waals surface area contributed by atoms with Gasteiger partial charge in [0.15, 0.2) is 0 Å². The predicted molar refractivity (Wildman–Crippen MR) is 55.2 cm³/mol. The molecule has 0 amide bonds. The summed E-state index contributed by atoms with van der Waals surface area (Å²) >= 11 is 3.30. The fourth-order valence-electron chi connectivity index (χ4n) is 0.856. The summed E-state index contributed by atoms with van der Waals surface area (Å²) in [4.78, 5) is 10.4. The number of benzene rings is 1. The van der Waals surface area contributed by atoms with Gasteiger partial charge in [0, 0.05) is 5.56 Å². The van der Waals surface area contributed by atoms with Crippen molar-refractivity contribution < 1.29 is 9.53 Å². The number of halogens is 1. The molecular formula is C10H9BrO2. The third-order valence-electron chi connectivity index (χ3n) is 1.45. The molecule has 1 aromatic carbocycles. The maximum Gasteiger partial charge on any atom is 0.150 e. The van der Waals surface area contributed by atoms with Crippen LogP contribution in [-0.4, -0.2) is 12.9 Å². The SMILES string of the molecule is C=CCOc1ccc(C=O)cc1Br. The largest absolute Gasteiger partial charge is 0.488 e. The summed E-state index contributed by atoms with van der Waals surface area (Å²) in [6, 6.07) is 5.17. The number of hydrogen-bond acceptors (Lipinski definition) is 2. The summed E-state index contributed by atoms with van der Waals surface area (Å²) in [5, 5.41) is 0. The van der Waals surface area contributed by atoms with E-state index in [1.54, 1.807) is 24.3 Å². The molecule has 0 heterocycles. The van der Waals surface area contributed by atoms with Gasteiger partial charge < -0.3 is 4.74 Å². The Balaban J connectivity index is 2.84. The van der Waals surface area contributed by atoms with Crippen molar-refractivity contribution in [1.82, 2.24) is 0 Å². The molecule has 0 aliphatic carbocycles. The Morgan fingerprint density at radius 1 is 1.54 bits per heavy atom. The Morgan fingerprint density at radius 2 is 2.31 bits per heavy atom. The molecule has 0 atom stereocenters. The summed E-state index contributed by atoms with van der Waals surface area (Å²) in [5.74, 6) is 0.713. The fourth-order valence-corrected chi connectivity index (χ4v) is 1.37. The summed E-state index contributed by atoms with van der Waals surface area (Å²) in [7, 11) is 0. The summed E-state index contributed by atoms with van der Waals surface area (Å²) in [6.45, 7) is 4.00. The maximum atomic E-state index is 10.4. The minimum atomic E-state index is 0.457. The first-order chi connectivity index (χ1) is 6.27. The van der Waals surface area contributed by atoms with E-state index in [9.17, 15) is 4.79 Å². The lowest BCUT2D eigenvalue weighted by Crippen LogP contribution is -1.94. The van der Waals surface area contributed by atoms with Gasteiger partial charge in [0.1, 0.15) is 18.6 Å². The van der Waals surface area contributed by atoms with Crippen molar-refractivity contribution in [1.29, 1.82) is 0 Å². The Labute approximate surface area is 85.3 Å². The Hall–Kier alpha value is -1.09. The van der Waals surface area contributed by atoms with Crippen molar-refractivity contribution in [3.63, 3.8) is 0 Å². The van der Waals surface area contributed by atoms with Crippen LogP contribution in [0.15, 0.2) is 35.3 Å². The third-order valence-corrected chi connectivity index (χ3v) is 2.07. The lowest BCUT2D eigenvalue weighted by atomic mass is 10.2. The van der Waals surface area contributed by atoms with E-state index < -0.39 is 0 Å². The van der Waals surface area contributed by atoms with Crippen LogP contribution in [0.4, 0.5) is 0 Å². The molecule has 0 N–H and O–H groups in total. The highest BCUT2D eigenvalue weighted by Gasteiger charge is 2.00. The highest BCUT2D eigenvalue weighted by atomic mass is 79.9. The quantitative estimate of drug-likeness (QED) is 0.598. The van der Waals surface area contributed by atoms with Crippen molar-refractivity contribution in [2.45, 2.75) is 0 Å². The predicted octanol–water partition coefficient (Wildman–Crippen LogP) is 2.83. The van der Waals surface area contributed by atoms with E-state index in [1.807, 2.05) is 0 Å². The van der Waals surface area contributed by atoms with E-state index in [0.29, 0.717) is 17.9 Å². The number of carbonyl (C=O) groups excluding carboxylic acids is 1. The standard InChI is InChI=1S/C10H9BrO2/c1-2-5-13-10-4-3-8(7-12)6-9(10)11/h2-4,6-7H,1,5H2. The molecule has 0 bridgehead atoms. The molecule has 2 nitrogen and oxygen atoms in total. The molecule has 0 saturated heterocycles. The van der Waals surface area contributed by atoms with Gasteiger partial charge in [-0.3, -0.25) is 4.79 Å². The monoisotopic (exact) mass is 240 g/mol. The smallest absolute Gasteiger partial charge is 0.150 e. The first-order valence-corrected chi connectivity index (χ1v) is 4.55. The van der Waals surface area contributed by atoms with Crippen molar-refractivity contribution in [3.8, 4) is 5.75 Å². The van der Waals surface area contributed by atoms with Gasteiger partial charge in [0.25, 0.3) is 0 Å². The minimum absolute atomic E-state index is 0.457. The highest BCUT2D eigenvalue weighted by Crippen LogP contribution is 2.25. The molecule has 1 rings (SSSR count). The van der Waals surface area contributed by atoms with Crippen LogP contribution < -0.4 is 4.74 Å². The van der Waals surface area contributed by atoms with Crippen molar-refractivity contribution in [2.24, 2.45) is 0 Å². The lowest BCUT2D eigenvalue weighted by Gasteiger charge is -2.05. The topological polar surface area (TPSA) is 26.3 Å². The average molecular weight is 241 g/mol. The number of carbonyl (C=O) groups is 1. The van der Waals surface area contributed by atoms with Gasteiger partial charge >= 0.3 is 0 Å². The third kappa shape index (κ3) is 2.70. The Kier molecular flexibility index (Phi) is 3.71. The van der Waals surface area contributed by atoms with E-state index in [1.165, 1.54) is 0 Å². The van der Waals surface area contributed by atoms with Crippen LogP contribution in [0.5, 0.6) is 5.75 Å². The first-order valence-electron chi connectivity index (χ1n) is 3.76. The molecule has 0 unspecified atom stereocenters. The van der Waals surface area contributed by atoms with Crippen LogP contribution in [0.3, 0.4) is 0 Å². The molecule has 0 aliphatic rings. The van der Waals surface area contributed by atoms with Crippen molar-refractivity contribution in [2.75, 3.05) is 6.61 Å². The van der Waals surface area contributed by atoms with Gasteiger partial charge in [-0.1, -0.05) is 12.7 Å². The second-order valence-corrected chi connectivity index (χ2v) is 3.26. The Bertz CT molecular complexity index is 321. The maximum absolute atomic E-state index is 10.4. The molecule has 13 heavy (non-hydrogen) atoms.